The molecule has 0 spiro atoms. The molecule has 0 aromatic heterocycles. The van der Waals surface area contributed by atoms with Crippen LogP contribution >= 0.6 is 11.6 Å². The Kier molecular flexibility index (Phi) is 4.22. The van der Waals surface area contributed by atoms with Gasteiger partial charge in [0.25, 0.3) is 0 Å². The molecule has 0 atom stereocenters. The minimum absolute atomic E-state index is 0.247. The Morgan fingerprint density at radius 3 is 2.76 bits per heavy atom. The standard InChI is InChI=1S/C15H19ClO/c1-11-13(7-4-8-14(11)16)15(17)10-9-12-5-2-3-6-12/h4,7-8,12H,2-3,5-6,9-10H2,1H3. The third-order valence-corrected chi connectivity index (χ3v) is 4.23. The zero-order valence-electron chi connectivity index (χ0n) is 10.3. The fraction of sp³-hybridized carbons (Fsp3) is 0.533. The van der Waals surface area contributed by atoms with Crippen LogP contribution in [0.2, 0.25) is 5.02 Å². The number of Topliss-reactive ketones (excluding diaryl/α,β-unsaturated/α-hetero) is 1. The summed E-state index contributed by atoms with van der Waals surface area (Å²) >= 11 is 6.03. The Hall–Kier alpha value is -0.820. The second-order valence-electron chi connectivity index (χ2n) is 5.02. The maximum Gasteiger partial charge on any atom is 0.163 e. The summed E-state index contributed by atoms with van der Waals surface area (Å²) in [4.78, 5) is 12.1. The van der Waals surface area contributed by atoms with Gasteiger partial charge in [0.05, 0.1) is 0 Å². The number of halogens is 1. The van der Waals surface area contributed by atoms with Crippen molar-refractivity contribution >= 4 is 17.4 Å². The van der Waals surface area contributed by atoms with Crippen molar-refractivity contribution in [3.8, 4) is 0 Å². The van der Waals surface area contributed by atoms with Crippen LogP contribution < -0.4 is 0 Å². The van der Waals surface area contributed by atoms with E-state index in [4.69, 9.17) is 11.6 Å². The van der Waals surface area contributed by atoms with Gasteiger partial charge in [-0.15, -0.1) is 0 Å². The summed E-state index contributed by atoms with van der Waals surface area (Å²) in [6.07, 6.45) is 7.02. The third-order valence-electron chi connectivity index (χ3n) is 3.82. The van der Waals surface area contributed by atoms with Gasteiger partial charge in [0, 0.05) is 17.0 Å². The molecule has 1 saturated carbocycles. The summed E-state index contributed by atoms with van der Waals surface area (Å²) < 4.78 is 0. The van der Waals surface area contributed by atoms with Crippen LogP contribution in [0.3, 0.4) is 0 Å². The Morgan fingerprint density at radius 2 is 2.06 bits per heavy atom. The third kappa shape index (κ3) is 3.10. The molecule has 1 nitrogen and oxygen atoms in total. The van der Waals surface area contributed by atoms with Gasteiger partial charge in [0.15, 0.2) is 5.78 Å². The van der Waals surface area contributed by atoms with Gasteiger partial charge in [0.2, 0.25) is 0 Å². The first-order valence-corrected chi connectivity index (χ1v) is 6.84. The molecular formula is C15H19ClO. The van der Waals surface area contributed by atoms with Crippen molar-refractivity contribution < 1.29 is 4.79 Å². The molecule has 2 heteroatoms. The van der Waals surface area contributed by atoms with Crippen LogP contribution in [-0.4, -0.2) is 5.78 Å². The first kappa shape index (κ1) is 12.6. The molecule has 0 unspecified atom stereocenters. The van der Waals surface area contributed by atoms with Crippen molar-refractivity contribution in [3.63, 3.8) is 0 Å². The van der Waals surface area contributed by atoms with E-state index in [1.54, 1.807) is 0 Å². The number of carbonyl (C=O) groups is 1. The molecule has 0 heterocycles. The van der Waals surface area contributed by atoms with Gasteiger partial charge in [-0.05, 0) is 30.9 Å². The van der Waals surface area contributed by atoms with Crippen molar-refractivity contribution in [1.29, 1.82) is 0 Å². The molecule has 1 aliphatic carbocycles. The Morgan fingerprint density at radius 1 is 1.35 bits per heavy atom. The highest BCUT2D eigenvalue weighted by atomic mass is 35.5. The van der Waals surface area contributed by atoms with E-state index in [9.17, 15) is 4.79 Å². The van der Waals surface area contributed by atoms with Crippen LogP contribution in [0.4, 0.5) is 0 Å². The van der Waals surface area contributed by atoms with Crippen LogP contribution in [-0.2, 0) is 0 Å². The molecule has 1 fully saturated rings. The molecule has 0 bridgehead atoms. The lowest BCUT2D eigenvalue weighted by Gasteiger charge is -2.09. The molecule has 1 aromatic rings. The summed E-state index contributed by atoms with van der Waals surface area (Å²) in [5.41, 5.74) is 1.72. The molecule has 0 aliphatic heterocycles. The fourth-order valence-corrected chi connectivity index (χ4v) is 2.85. The van der Waals surface area contributed by atoms with Gasteiger partial charge < -0.3 is 0 Å². The number of hydrogen-bond donors (Lipinski definition) is 0. The van der Waals surface area contributed by atoms with Crippen molar-refractivity contribution in [3.05, 3.63) is 34.3 Å². The first-order valence-electron chi connectivity index (χ1n) is 6.47. The van der Waals surface area contributed by atoms with Crippen LogP contribution in [0.1, 0.15) is 54.4 Å². The van der Waals surface area contributed by atoms with Crippen LogP contribution in [0.15, 0.2) is 18.2 Å². The van der Waals surface area contributed by atoms with Crippen molar-refractivity contribution in [2.75, 3.05) is 0 Å². The average molecular weight is 251 g/mol. The summed E-state index contributed by atoms with van der Waals surface area (Å²) in [6.45, 7) is 1.92. The van der Waals surface area contributed by atoms with Crippen molar-refractivity contribution in [2.45, 2.75) is 45.4 Å². The average Bonchev–Trinajstić information content (AvgIpc) is 2.82. The highest BCUT2D eigenvalue weighted by Gasteiger charge is 2.17. The van der Waals surface area contributed by atoms with Gasteiger partial charge in [-0.2, -0.15) is 0 Å². The highest BCUT2D eigenvalue weighted by Crippen LogP contribution is 2.29. The molecule has 92 valence electrons. The van der Waals surface area contributed by atoms with E-state index < -0.39 is 0 Å². The maximum atomic E-state index is 12.1. The SMILES string of the molecule is Cc1c(Cl)cccc1C(=O)CCC1CCCC1. The maximum absolute atomic E-state index is 12.1. The Balaban J connectivity index is 1.97. The van der Waals surface area contributed by atoms with E-state index in [-0.39, 0.29) is 5.78 Å². The molecule has 2 rings (SSSR count). The van der Waals surface area contributed by atoms with Gasteiger partial charge in [-0.3, -0.25) is 4.79 Å². The number of benzene rings is 1. The summed E-state index contributed by atoms with van der Waals surface area (Å²) in [6, 6.07) is 5.58. The number of carbonyl (C=O) groups excluding carboxylic acids is 1. The van der Waals surface area contributed by atoms with Gasteiger partial charge in [0.1, 0.15) is 0 Å². The number of ketones is 1. The van der Waals surface area contributed by atoms with Crippen LogP contribution in [0, 0.1) is 12.8 Å². The molecule has 0 radical (unpaired) electrons. The molecular weight excluding hydrogens is 232 g/mol. The van der Waals surface area contributed by atoms with E-state index in [0.29, 0.717) is 11.4 Å². The summed E-state index contributed by atoms with van der Waals surface area (Å²) in [5, 5.41) is 0.691. The minimum atomic E-state index is 0.247. The van der Waals surface area contributed by atoms with Gasteiger partial charge in [-0.25, -0.2) is 0 Å². The lowest BCUT2D eigenvalue weighted by atomic mass is 9.96. The van der Waals surface area contributed by atoms with Crippen molar-refractivity contribution in [1.82, 2.24) is 0 Å². The molecule has 0 N–H and O–H groups in total. The lowest BCUT2D eigenvalue weighted by Crippen LogP contribution is -2.05. The highest BCUT2D eigenvalue weighted by molar-refractivity contribution is 6.31. The van der Waals surface area contributed by atoms with Crippen molar-refractivity contribution in [2.24, 2.45) is 5.92 Å². The van der Waals surface area contributed by atoms with Gasteiger partial charge >= 0.3 is 0 Å². The molecule has 1 aromatic carbocycles. The number of rotatable bonds is 4. The normalized spacial score (nSPS) is 16.4. The second-order valence-corrected chi connectivity index (χ2v) is 5.43. The summed E-state index contributed by atoms with van der Waals surface area (Å²) in [7, 11) is 0. The monoisotopic (exact) mass is 250 g/mol. The smallest absolute Gasteiger partial charge is 0.163 e. The predicted octanol–water partition coefficient (Wildman–Crippen LogP) is 4.80. The van der Waals surface area contributed by atoms with E-state index in [2.05, 4.69) is 0 Å². The number of hydrogen-bond acceptors (Lipinski definition) is 1. The minimum Gasteiger partial charge on any atom is -0.294 e. The van der Waals surface area contributed by atoms with E-state index in [1.807, 2.05) is 25.1 Å². The van der Waals surface area contributed by atoms with Crippen LogP contribution in [0.5, 0.6) is 0 Å². The topological polar surface area (TPSA) is 17.1 Å². The van der Waals surface area contributed by atoms with Crippen LogP contribution in [0.25, 0.3) is 0 Å². The van der Waals surface area contributed by atoms with E-state index in [0.717, 1.165) is 23.5 Å². The molecule has 0 saturated heterocycles. The zero-order valence-corrected chi connectivity index (χ0v) is 11.1. The zero-order chi connectivity index (χ0) is 12.3. The quantitative estimate of drug-likeness (QED) is 0.702. The lowest BCUT2D eigenvalue weighted by molar-refractivity contribution is 0.0973. The molecule has 0 amide bonds. The second kappa shape index (κ2) is 5.68. The Bertz CT molecular complexity index is 405. The fourth-order valence-electron chi connectivity index (χ4n) is 2.68. The van der Waals surface area contributed by atoms with E-state index >= 15 is 0 Å². The Labute approximate surface area is 108 Å². The predicted molar refractivity (Wildman–Crippen MR) is 71.7 cm³/mol. The van der Waals surface area contributed by atoms with E-state index in [1.165, 1.54) is 25.7 Å². The summed E-state index contributed by atoms with van der Waals surface area (Å²) in [5.74, 6) is 1.02. The largest absolute Gasteiger partial charge is 0.294 e. The first-order chi connectivity index (χ1) is 8.18. The molecule has 17 heavy (non-hydrogen) atoms. The molecule has 1 aliphatic rings. The van der Waals surface area contributed by atoms with Gasteiger partial charge in [-0.1, -0.05) is 49.4 Å².